The van der Waals surface area contributed by atoms with Crippen LogP contribution in [0, 0.1) is 0 Å². The molecule has 1 heterocycles. The minimum Gasteiger partial charge on any atom is -0.724 e. The Morgan fingerprint density at radius 3 is 2.39 bits per heavy atom. The molecule has 0 aliphatic carbocycles. The Kier molecular flexibility index (Phi) is 4.93. The molecule has 0 radical (unpaired) electrons. The highest BCUT2D eigenvalue weighted by Gasteiger charge is 2.43. The molecule has 2 rings (SSSR count). The van der Waals surface area contributed by atoms with Crippen molar-refractivity contribution >= 4 is 28.9 Å². The summed E-state index contributed by atoms with van der Waals surface area (Å²) in [4.78, 5) is 17.4. The van der Waals surface area contributed by atoms with Crippen molar-refractivity contribution in [1.82, 2.24) is 23.6 Å². The largest absolute Gasteiger partial charge is 0.724 e. The molecule has 0 aliphatic heterocycles. The van der Waals surface area contributed by atoms with Gasteiger partial charge in [-0.3, -0.25) is 0 Å². The maximum atomic E-state index is 12.2. The highest BCUT2D eigenvalue weighted by molar-refractivity contribution is 7.79. The molecule has 0 spiro atoms. The highest BCUT2D eigenvalue weighted by Crippen LogP contribution is 2.36. The van der Waals surface area contributed by atoms with E-state index in [1.807, 2.05) is 0 Å². The van der Waals surface area contributed by atoms with Gasteiger partial charge in [0.05, 0.1) is 0 Å². The van der Waals surface area contributed by atoms with E-state index >= 15 is 0 Å². The molecule has 1 amide bonds. The molecular formula is C14H19N5O3S. The monoisotopic (exact) mass is 337 g/mol. The first-order valence-electron chi connectivity index (χ1n) is 7.00. The summed E-state index contributed by atoms with van der Waals surface area (Å²) in [5, 5.41) is 4.12. The van der Waals surface area contributed by atoms with E-state index in [1.54, 1.807) is 58.3 Å². The Bertz CT molecular complexity index is 716. The van der Waals surface area contributed by atoms with Crippen molar-refractivity contribution in [2.45, 2.75) is 19.9 Å². The fourth-order valence-electron chi connectivity index (χ4n) is 2.32. The summed E-state index contributed by atoms with van der Waals surface area (Å²) in [7, 11) is 3.16. The van der Waals surface area contributed by atoms with E-state index in [2.05, 4.69) is 10.1 Å². The molecule has 2 atom stereocenters. The number of rotatable bonds is 4. The normalized spacial score (nSPS) is 15.2. The predicted octanol–water partition coefficient (Wildman–Crippen LogP) is 1.65. The van der Waals surface area contributed by atoms with Crippen LogP contribution in [-0.4, -0.2) is 54.6 Å². The van der Waals surface area contributed by atoms with Crippen molar-refractivity contribution in [3.63, 3.8) is 0 Å². The van der Waals surface area contributed by atoms with Gasteiger partial charge in [0.25, 0.3) is 0 Å². The van der Waals surface area contributed by atoms with Gasteiger partial charge in [0.1, 0.15) is 12.4 Å². The van der Waals surface area contributed by atoms with Crippen LogP contribution in [0.15, 0.2) is 36.7 Å². The molecule has 0 saturated heterocycles. The standard InChI is InChI=1S/C14H19N5O3S/c1-11(2)19(23(21)22,12-8-6-5-7-9-12)13-15-10-18(16-13)14(20)17(3)4/h5-11H,1-4H3. The van der Waals surface area contributed by atoms with Gasteiger partial charge in [0, 0.05) is 26.2 Å². The Balaban J connectivity index is 2.64. The van der Waals surface area contributed by atoms with Gasteiger partial charge in [-0.1, -0.05) is 23.3 Å². The Morgan fingerprint density at radius 2 is 1.91 bits per heavy atom. The maximum absolute atomic E-state index is 12.2. The summed E-state index contributed by atoms with van der Waals surface area (Å²) in [5.74, 6) is 0.0229. The zero-order valence-corrected chi connectivity index (χ0v) is 14.2. The molecule has 0 aliphatic rings. The summed E-state index contributed by atoms with van der Waals surface area (Å²) in [5.41, 5.74) is 0.505. The molecule has 1 aromatic carbocycles. The number of aromatic nitrogens is 3. The van der Waals surface area contributed by atoms with E-state index < -0.39 is 21.2 Å². The van der Waals surface area contributed by atoms with Crippen molar-refractivity contribution in [3.05, 3.63) is 36.7 Å². The van der Waals surface area contributed by atoms with E-state index in [0.29, 0.717) is 5.69 Å². The van der Waals surface area contributed by atoms with Crippen LogP contribution in [0.4, 0.5) is 16.4 Å². The van der Waals surface area contributed by atoms with Crippen molar-refractivity contribution in [2.24, 2.45) is 0 Å². The molecule has 8 nitrogen and oxygen atoms in total. The molecule has 23 heavy (non-hydrogen) atoms. The molecule has 0 N–H and O–H groups in total. The van der Waals surface area contributed by atoms with Crippen molar-refractivity contribution in [1.29, 1.82) is 0 Å². The lowest BCUT2D eigenvalue weighted by Gasteiger charge is -2.37. The number of carbonyl (C=O) groups is 1. The van der Waals surface area contributed by atoms with Gasteiger partial charge in [-0.15, -0.1) is 3.89 Å². The molecule has 2 aromatic rings. The SMILES string of the molecule is CC(C)[N+](c1ccccc1)(c1ncn(C(=O)N(C)C)n1)S(=O)[O-]. The minimum absolute atomic E-state index is 0.0229. The summed E-state index contributed by atoms with van der Waals surface area (Å²) in [6.45, 7) is 3.52. The van der Waals surface area contributed by atoms with E-state index in [1.165, 1.54) is 11.2 Å². The lowest BCUT2D eigenvalue weighted by molar-refractivity contribution is 0.215. The van der Waals surface area contributed by atoms with Gasteiger partial charge < -0.3 is 9.45 Å². The van der Waals surface area contributed by atoms with Gasteiger partial charge in [-0.05, 0) is 13.8 Å². The third-order valence-electron chi connectivity index (χ3n) is 3.46. The van der Waals surface area contributed by atoms with Crippen LogP contribution in [0.3, 0.4) is 0 Å². The smallest absolute Gasteiger partial charge is 0.366 e. The summed E-state index contributed by atoms with van der Waals surface area (Å²) in [6, 6.07) is 7.90. The van der Waals surface area contributed by atoms with E-state index in [9.17, 15) is 13.6 Å². The summed E-state index contributed by atoms with van der Waals surface area (Å²) < 4.78 is 24.8. The number of amides is 1. The summed E-state index contributed by atoms with van der Waals surface area (Å²) >= 11 is -2.58. The molecule has 0 saturated carbocycles. The Morgan fingerprint density at radius 1 is 1.30 bits per heavy atom. The van der Waals surface area contributed by atoms with E-state index in [4.69, 9.17) is 0 Å². The van der Waals surface area contributed by atoms with Crippen molar-refractivity contribution < 1.29 is 13.6 Å². The molecule has 124 valence electrons. The first kappa shape index (κ1) is 17.3. The van der Waals surface area contributed by atoms with Crippen LogP contribution in [0.1, 0.15) is 13.8 Å². The second-order valence-corrected chi connectivity index (χ2v) is 6.48. The third-order valence-corrected chi connectivity index (χ3v) is 4.72. The van der Waals surface area contributed by atoms with Crippen LogP contribution in [-0.2, 0) is 11.3 Å². The Hall–Kier alpha value is -2.10. The number of carbonyl (C=O) groups excluding carboxylic acids is 1. The second kappa shape index (κ2) is 6.57. The van der Waals surface area contributed by atoms with Gasteiger partial charge in [-0.25, -0.2) is 9.00 Å². The maximum Gasteiger partial charge on any atom is 0.366 e. The van der Waals surface area contributed by atoms with Gasteiger partial charge in [0.15, 0.2) is 17.0 Å². The Labute approximate surface area is 137 Å². The van der Waals surface area contributed by atoms with Crippen LogP contribution < -0.4 is 3.89 Å². The fourth-order valence-corrected chi connectivity index (χ4v) is 3.18. The topological polar surface area (TPSA) is 91.2 Å². The minimum atomic E-state index is -2.58. The zero-order chi connectivity index (χ0) is 17.2. The lowest BCUT2D eigenvalue weighted by Crippen LogP contribution is -2.52. The number of benzene rings is 1. The van der Waals surface area contributed by atoms with Crippen LogP contribution in [0.25, 0.3) is 0 Å². The van der Waals surface area contributed by atoms with Gasteiger partial charge in [-0.2, -0.15) is 9.67 Å². The molecule has 2 unspecified atom stereocenters. The summed E-state index contributed by atoms with van der Waals surface area (Å²) in [6.07, 6.45) is 1.23. The van der Waals surface area contributed by atoms with Gasteiger partial charge in [0.2, 0.25) is 0 Å². The number of quaternary nitrogens is 1. The quantitative estimate of drug-likeness (QED) is 0.625. The average molecular weight is 337 g/mol. The van der Waals surface area contributed by atoms with Crippen LogP contribution >= 0.6 is 0 Å². The number of hydrogen-bond donors (Lipinski definition) is 0. The van der Waals surface area contributed by atoms with Crippen LogP contribution in [0.2, 0.25) is 0 Å². The van der Waals surface area contributed by atoms with Gasteiger partial charge >= 0.3 is 12.0 Å². The number of hydrogen-bond acceptors (Lipinski definition) is 5. The highest BCUT2D eigenvalue weighted by atomic mass is 32.2. The van der Waals surface area contributed by atoms with Crippen molar-refractivity contribution in [2.75, 3.05) is 14.1 Å². The molecule has 1 aromatic heterocycles. The second-order valence-electron chi connectivity index (χ2n) is 5.47. The fraction of sp³-hybridized carbons (Fsp3) is 0.357. The third kappa shape index (κ3) is 2.90. The van der Waals surface area contributed by atoms with E-state index in [-0.39, 0.29) is 12.0 Å². The van der Waals surface area contributed by atoms with Crippen molar-refractivity contribution in [3.8, 4) is 0 Å². The first-order valence-corrected chi connectivity index (χ1v) is 8.03. The zero-order valence-electron chi connectivity index (χ0n) is 13.4. The number of para-hydroxylation sites is 1. The molecule has 0 fully saturated rings. The first-order chi connectivity index (χ1) is 10.8. The molecule has 9 heteroatoms. The lowest BCUT2D eigenvalue weighted by atomic mass is 10.2. The molecular weight excluding hydrogens is 318 g/mol. The van der Waals surface area contributed by atoms with Crippen LogP contribution in [0.5, 0.6) is 0 Å². The average Bonchev–Trinajstić information content (AvgIpc) is 2.97. The van der Waals surface area contributed by atoms with E-state index in [0.717, 1.165) is 4.68 Å². The molecule has 0 bridgehead atoms. The number of nitrogens with zero attached hydrogens (tertiary/aromatic N) is 5. The predicted molar refractivity (Wildman–Crippen MR) is 86.5 cm³/mol.